The Morgan fingerprint density at radius 1 is 1.38 bits per heavy atom. The Morgan fingerprint density at radius 3 is 3.12 bits per heavy atom. The average molecular weight is 329 g/mol. The van der Waals surface area contributed by atoms with Crippen molar-refractivity contribution >= 4 is 5.91 Å². The van der Waals surface area contributed by atoms with Gasteiger partial charge in [0.1, 0.15) is 6.04 Å². The molecule has 2 aromatic heterocycles. The third kappa shape index (κ3) is 2.60. The van der Waals surface area contributed by atoms with Gasteiger partial charge in [0.2, 0.25) is 5.91 Å². The molecular weight excluding hydrogens is 310 g/mol. The van der Waals surface area contributed by atoms with Gasteiger partial charge < -0.3 is 10.6 Å². The maximum absolute atomic E-state index is 12.8. The molecule has 4 heterocycles. The van der Waals surface area contributed by atoms with Crippen molar-refractivity contribution < 1.29 is 4.79 Å². The molecule has 1 fully saturated rings. The van der Waals surface area contributed by atoms with Crippen molar-refractivity contribution in [1.29, 1.82) is 0 Å². The highest BCUT2D eigenvalue weighted by molar-refractivity contribution is 5.81. The number of nitrogens with zero attached hydrogens (tertiary/aromatic N) is 4. The van der Waals surface area contributed by atoms with Crippen LogP contribution in [0, 0.1) is 5.92 Å². The lowest BCUT2D eigenvalue weighted by molar-refractivity contribution is -0.126. The standard InChI is InChI=1S/C15H19N7O2/c23-13-3-1-2-11-9-6-10(8-16-7-9)14(22(11)13)15(24)17-5-4-12-18-20-21-19-12/h1-3,9-10,14,16H,4-8H2,(H,17,24)(H,18,19,20,21)/t9-,10+,14-/m1/s1. The number of hydrogen-bond donors (Lipinski definition) is 3. The molecule has 2 aromatic rings. The van der Waals surface area contributed by atoms with Crippen molar-refractivity contribution in [2.75, 3.05) is 19.6 Å². The minimum Gasteiger partial charge on any atom is -0.354 e. The summed E-state index contributed by atoms with van der Waals surface area (Å²) < 4.78 is 1.68. The highest BCUT2D eigenvalue weighted by Gasteiger charge is 2.41. The molecular formula is C15H19N7O2. The number of piperidine rings is 1. The molecule has 2 aliphatic rings. The van der Waals surface area contributed by atoms with Crippen molar-refractivity contribution in [1.82, 2.24) is 35.8 Å². The lowest BCUT2D eigenvalue weighted by Gasteiger charge is -2.42. The van der Waals surface area contributed by atoms with Gasteiger partial charge in [-0.3, -0.25) is 14.2 Å². The summed E-state index contributed by atoms with van der Waals surface area (Å²) in [6, 6.07) is 4.78. The van der Waals surface area contributed by atoms with Gasteiger partial charge >= 0.3 is 0 Å². The molecule has 3 N–H and O–H groups in total. The zero-order valence-electron chi connectivity index (χ0n) is 13.1. The van der Waals surface area contributed by atoms with Crippen LogP contribution >= 0.6 is 0 Å². The molecule has 0 aromatic carbocycles. The van der Waals surface area contributed by atoms with Crippen LogP contribution in [0.1, 0.15) is 29.9 Å². The van der Waals surface area contributed by atoms with Crippen LogP contribution in [-0.2, 0) is 11.2 Å². The summed E-state index contributed by atoms with van der Waals surface area (Å²) >= 11 is 0. The van der Waals surface area contributed by atoms with Gasteiger partial charge in [-0.25, -0.2) is 0 Å². The van der Waals surface area contributed by atoms with Gasteiger partial charge in [-0.15, -0.1) is 10.2 Å². The van der Waals surface area contributed by atoms with Crippen LogP contribution in [0.5, 0.6) is 0 Å². The largest absolute Gasteiger partial charge is 0.354 e. The normalized spacial score (nSPS) is 25.1. The Hall–Kier alpha value is -2.55. The third-order valence-electron chi connectivity index (χ3n) is 4.85. The number of pyridine rings is 1. The summed E-state index contributed by atoms with van der Waals surface area (Å²) in [4.78, 5) is 25.2. The minimum atomic E-state index is -0.469. The van der Waals surface area contributed by atoms with Gasteiger partial charge in [0.05, 0.1) is 0 Å². The zero-order chi connectivity index (χ0) is 16.5. The molecule has 9 heteroatoms. The number of tetrazole rings is 1. The van der Waals surface area contributed by atoms with Crippen molar-refractivity contribution in [3.8, 4) is 0 Å². The van der Waals surface area contributed by atoms with E-state index in [1.807, 2.05) is 6.07 Å². The van der Waals surface area contributed by atoms with E-state index in [0.717, 1.165) is 25.2 Å². The van der Waals surface area contributed by atoms with Crippen LogP contribution < -0.4 is 16.2 Å². The number of hydrogen-bond acceptors (Lipinski definition) is 6. The van der Waals surface area contributed by atoms with Crippen LogP contribution in [0.3, 0.4) is 0 Å². The molecule has 9 nitrogen and oxygen atoms in total. The fourth-order valence-electron chi connectivity index (χ4n) is 3.82. The Labute approximate surface area is 137 Å². The highest BCUT2D eigenvalue weighted by atomic mass is 16.2. The van der Waals surface area contributed by atoms with Crippen LogP contribution in [0.15, 0.2) is 23.0 Å². The van der Waals surface area contributed by atoms with Gasteiger partial charge in [0, 0.05) is 49.7 Å². The Morgan fingerprint density at radius 2 is 2.29 bits per heavy atom. The lowest BCUT2D eigenvalue weighted by Crippen LogP contribution is -2.52. The first-order valence-electron chi connectivity index (χ1n) is 8.16. The van der Waals surface area contributed by atoms with Crippen LogP contribution in [0.4, 0.5) is 0 Å². The Balaban J connectivity index is 1.56. The molecule has 0 unspecified atom stereocenters. The van der Waals surface area contributed by atoms with Gasteiger partial charge in [-0.05, 0) is 12.5 Å². The lowest BCUT2D eigenvalue weighted by atomic mass is 9.79. The fraction of sp³-hybridized carbons (Fsp3) is 0.533. The van der Waals surface area contributed by atoms with Gasteiger partial charge in [0.25, 0.3) is 5.56 Å². The molecule has 3 atom stereocenters. The molecule has 24 heavy (non-hydrogen) atoms. The zero-order valence-corrected chi connectivity index (χ0v) is 13.1. The first kappa shape index (κ1) is 15.0. The summed E-state index contributed by atoms with van der Waals surface area (Å²) in [5, 5.41) is 19.9. The molecule has 0 saturated carbocycles. The summed E-state index contributed by atoms with van der Waals surface area (Å²) in [5.74, 6) is 0.846. The fourth-order valence-corrected chi connectivity index (χ4v) is 3.82. The van der Waals surface area contributed by atoms with E-state index in [1.165, 1.54) is 6.07 Å². The Bertz CT molecular complexity index is 785. The summed E-state index contributed by atoms with van der Waals surface area (Å²) in [6.45, 7) is 2.02. The predicted octanol–water partition coefficient (Wildman–Crippen LogP) is -1.03. The number of fused-ring (bicyclic) bond motifs is 4. The van der Waals surface area contributed by atoms with Gasteiger partial charge in [0.15, 0.2) is 5.82 Å². The van der Waals surface area contributed by atoms with E-state index in [1.54, 1.807) is 10.6 Å². The second-order valence-electron chi connectivity index (χ2n) is 6.32. The average Bonchev–Trinajstić information content (AvgIpc) is 3.10. The number of aromatic nitrogens is 5. The maximum Gasteiger partial charge on any atom is 0.251 e. The molecule has 1 saturated heterocycles. The molecule has 4 rings (SSSR count). The van der Waals surface area contributed by atoms with Crippen LogP contribution in [0.25, 0.3) is 0 Å². The van der Waals surface area contributed by atoms with Crippen LogP contribution in [-0.4, -0.2) is 50.7 Å². The molecule has 1 amide bonds. The first-order valence-corrected chi connectivity index (χ1v) is 8.16. The van der Waals surface area contributed by atoms with E-state index in [-0.39, 0.29) is 17.4 Å². The number of aromatic amines is 1. The molecule has 2 bridgehead atoms. The number of amides is 1. The highest BCUT2D eigenvalue weighted by Crippen LogP contribution is 2.38. The minimum absolute atomic E-state index is 0.109. The van der Waals surface area contributed by atoms with Crippen molar-refractivity contribution in [3.05, 3.63) is 40.1 Å². The second kappa shape index (κ2) is 6.16. The first-order chi connectivity index (χ1) is 11.7. The van der Waals surface area contributed by atoms with Crippen LogP contribution in [0.2, 0.25) is 0 Å². The van der Waals surface area contributed by atoms with Crippen molar-refractivity contribution in [3.63, 3.8) is 0 Å². The quantitative estimate of drug-likeness (QED) is 0.660. The SMILES string of the molecule is O=C(NCCc1nn[nH]n1)[C@H]1[C@@H]2CNC[C@@H](C2)c2cccc(=O)n21. The number of nitrogens with one attached hydrogen (secondary N) is 3. The van der Waals surface area contributed by atoms with E-state index in [2.05, 4.69) is 31.3 Å². The number of carbonyl (C=O) groups excluding carboxylic acids is 1. The predicted molar refractivity (Wildman–Crippen MR) is 84.3 cm³/mol. The van der Waals surface area contributed by atoms with E-state index in [0.29, 0.717) is 24.7 Å². The second-order valence-corrected chi connectivity index (χ2v) is 6.32. The number of rotatable bonds is 4. The molecule has 126 valence electrons. The number of carbonyl (C=O) groups is 1. The molecule has 0 aliphatic carbocycles. The topological polar surface area (TPSA) is 118 Å². The Kier molecular flexibility index (Phi) is 3.85. The summed E-state index contributed by atoms with van der Waals surface area (Å²) in [7, 11) is 0. The van der Waals surface area contributed by atoms with Crippen molar-refractivity contribution in [2.45, 2.75) is 24.8 Å². The van der Waals surface area contributed by atoms with Gasteiger partial charge in [-0.2, -0.15) is 5.21 Å². The molecule has 2 aliphatic heterocycles. The third-order valence-corrected chi connectivity index (χ3v) is 4.85. The van der Waals surface area contributed by atoms with E-state index >= 15 is 0 Å². The smallest absolute Gasteiger partial charge is 0.251 e. The maximum atomic E-state index is 12.8. The number of H-pyrrole nitrogens is 1. The summed E-state index contributed by atoms with van der Waals surface area (Å²) in [6.07, 6.45) is 1.43. The molecule has 0 spiro atoms. The van der Waals surface area contributed by atoms with Gasteiger partial charge in [-0.1, -0.05) is 11.3 Å². The van der Waals surface area contributed by atoms with E-state index < -0.39 is 6.04 Å². The van der Waals surface area contributed by atoms with Crippen molar-refractivity contribution in [2.24, 2.45) is 5.92 Å². The monoisotopic (exact) mass is 329 g/mol. The van der Waals surface area contributed by atoms with E-state index in [9.17, 15) is 9.59 Å². The summed E-state index contributed by atoms with van der Waals surface area (Å²) in [5.41, 5.74) is 0.840. The molecule has 0 radical (unpaired) electrons. The van der Waals surface area contributed by atoms with E-state index in [4.69, 9.17) is 0 Å².